The fourth-order valence-corrected chi connectivity index (χ4v) is 2.53. The molecular weight excluding hydrogens is 284 g/mol. The van der Waals surface area contributed by atoms with Gasteiger partial charge in [-0.1, -0.05) is 24.6 Å². The van der Waals surface area contributed by atoms with Gasteiger partial charge >= 0.3 is 0 Å². The van der Waals surface area contributed by atoms with Gasteiger partial charge in [-0.25, -0.2) is 4.98 Å². The molecule has 0 aromatic carbocycles. The largest absolute Gasteiger partial charge is 0.305 e. The molecule has 0 aliphatic heterocycles. The zero-order valence-corrected chi connectivity index (χ0v) is 12.6. The molecule has 5 heteroatoms. The molecule has 0 atom stereocenters. The van der Waals surface area contributed by atoms with E-state index in [1.807, 2.05) is 41.2 Å². The molecule has 3 heterocycles. The minimum absolute atomic E-state index is 0.707. The van der Waals surface area contributed by atoms with Gasteiger partial charge in [-0.2, -0.15) is 0 Å². The van der Waals surface area contributed by atoms with Crippen molar-refractivity contribution < 1.29 is 0 Å². The summed E-state index contributed by atoms with van der Waals surface area (Å²) < 4.78 is 1.94. The van der Waals surface area contributed by atoms with Crippen molar-refractivity contribution in [3.63, 3.8) is 0 Å². The maximum Gasteiger partial charge on any atom is 0.137 e. The predicted octanol–water partition coefficient (Wildman–Crippen LogP) is 3.23. The van der Waals surface area contributed by atoms with Crippen LogP contribution in [0.1, 0.15) is 23.9 Å². The van der Waals surface area contributed by atoms with E-state index in [2.05, 4.69) is 28.3 Å². The summed E-state index contributed by atoms with van der Waals surface area (Å²) in [7, 11) is 0. The van der Waals surface area contributed by atoms with Gasteiger partial charge in [0.15, 0.2) is 0 Å². The lowest BCUT2D eigenvalue weighted by Crippen LogP contribution is -2.15. The SMILES string of the molecule is CCc1cccnc1CNCc1cn2cc(Cl)ccc2n1. The molecule has 0 saturated heterocycles. The van der Waals surface area contributed by atoms with Crippen LogP contribution in [0.5, 0.6) is 0 Å². The molecule has 0 fully saturated rings. The molecular formula is C16H17ClN4. The second-order valence-electron chi connectivity index (χ2n) is 4.91. The molecule has 1 N–H and O–H groups in total. The lowest BCUT2D eigenvalue weighted by Gasteiger charge is -2.06. The Morgan fingerprint density at radius 1 is 1.19 bits per heavy atom. The van der Waals surface area contributed by atoms with Gasteiger partial charge in [-0.05, 0) is 30.2 Å². The van der Waals surface area contributed by atoms with Crippen molar-refractivity contribution in [2.75, 3.05) is 0 Å². The van der Waals surface area contributed by atoms with E-state index in [1.54, 1.807) is 0 Å². The van der Waals surface area contributed by atoms with E-state index in [0.29, 0.717) is 11.6 Å². The number of pyridine rings is 2. The fourth-order valence-electron chi connectivity index (χ4n) is 2.36. The normalized spacial score (nSPS) is 11.1. The molecule has 21 heavy (non-hydrogen) atoms. The van der Waals surface area contributed by atoms with E-state index < -0.39 is 0 Å². The predicted molar refractivity (Wildman–Crippen MR) is 84.4 cm³/mol. The molecule has 0 saturated carbocycles. The summed E-state index contributed by atoms with van der Waals surface area (Å²) in [4.78, 5) is 8.98. The molecule has 0 bridgehead atoms. The monoisotopic (exact) mass is 300 g/mol. The first kappa shape index (κ1) is 14.0. The van der Waals surface area contributed by atoms with Crippen molar-refractivity contribution >= 4 is 17.2 Å². The van der Waals surface area contributed by atoms with Gasteiger partial charge in [0.1, 0.15) is 5.65 Å². The van der Waals surface area contributed by atoms with Crippen molar-refractivity contribution in [2.24, 2.45) is 0 Å². The number of imidazole rings is 1. The van der Waals surface area contributed by atoms with E-state index in [4.69, 9.17) is 11.6 Å². The highest BCUT2D eigenvalue weighted by Crippen LogP contribution is 2.12. The van der Waals surface area contributed by atoms with E-state index in [9.17, 15) is 0 Å². The number of aromatic nitrogens is 3. The third kappa shape index (κ3) is 3.23. The summed E-state index contributed by atoms with van der Waals surface area (Å²) in [5.74, 6) is 0. The summed E-state index contributed by atoms with van der Waals surface area (Å²) in [5, 5.41) is 4.11. The molecule has 3 aromatic heterocycles. The Morgan fingerprint density at radius 3 is 2.95 bits per heavy atom. The number of nitrogens with zero attached hydrogens (tertiary/aromatic N) is 3. The van der Waals surface area contributed by atoms with Crippen molar-refractivity contribution in [3.8, 4) is 0 Å². The van der Waals surface area contributed by atoms with Crippen LogP contribution in [0.25, 0.3) is 5.65 Å². The summed E-state index contributed by atoms with van der Waals surface area (Å²) in [6.07, 6.45) is 6.69. The topological polar surface area (TPSA) is 42.2 Å². The van der Waals surface area contributed by atoms with Crippen molar-refractivity contribution in [1.82, 2.24) is 19.7 Å². The van der Waals surface area contributed by atoms with Crippen LogP contribution < -0.4 is 5.32 Å². The lowest BCUT2D eigenvalue weighted by molar-refractivity contribution is 0.664. The van der Waals surface area contributed by atoms with Gasteiger partial charge in [0.25, 0.3) is 0 Å². The third-order valence-corrected chi connectivity index (χ3v) is 3.65. The standard InChI is InChI=1S/C16H17ClN4/c1-2-12-4-3-7-19-15(12)9-18-8-14-11-21-10-13(17)5-6-16(21)20-14/h3-7,10-11,18H,2,8-9H2,1H3. The van der Waals surface area contributed by atoms with Gasteiger partial charge in [-0.15, -0.1) is 0 Å². The average molecular weight is 301 g/mol. The first-order valence-electron chi connectivity index (χ1n) is 7.03. The number of fused-ring (bicyclic) bond motifs is 1. The first-order chi connectivity index (χ1) is 10.3. The number of hydrogen-bond donors (Lipinski definition) is 1. The van der Waals surface area contributed by atoms with Crippen LogP contribution in [-0.4, -0.2) is 14.4 Å². The van der Waals surface area contributed by atoms with Crippen molar-refractivity contribution in [1.29, 1.82) is 0 Å². The summed E-state index contributed by atoms with van der Waals surface area (Å²) in [6.45, 7) is 3.60. The zero-order chi connectivity index (χ0) is 14.7. The zero-order valence-electron chi connectivity index (χ0n) is 11.9. The third-order valence-electron chi connectivity index (χ3n) is 3.43. The Bertz CT molecular complexity index is 751. The highest BCUT2D eigenvalue weighted by atomic mass is 35.5. The number of nitrogens with one attached hydrogen (secondary N) is 1. The molecule has 0 spiro atoms. The highest BCUT2D eigenvalue weighted by molar-refractivity contribution is 6.30. The Kier molecular flexibility index (Phi) is 4.18. The van der Waals surface area contributed by atoms with Gasteiger partial charge in [0.05, 0.1) is 16.4 Å². The molecule has 108 valence electrons. The van der Waals surface area contributed by atoms with Gasteiger partial charge in [0.2, 0.25) is 0 Å². The molecule has 3 rings (SSSR count). The minimum atomic E-state index is 0.707. The van der Waals surface area contributed by atoms with Crippen LogP contribution in [0, 0.1) is 0 Å². The number of aryl methyl sites for hydroxylation is 1. The highest BCUT2D eigenvalue weighted by Gasteiger charge is 2.04. The van der Waals surface area contributed by atoms with E-state index >= 15 is 0 Å². The Morgan fingerprint density at radius 2 is 2.10 bits per heavy atom. The fraction of sp³-hybridized carbons (Fsp3) is 0.250. The van der Waals surface area contributed by atoms with Crippen molar-refractivity contribution in [2.45, 2.75) is 26.4 Å². The number of hydrogen-bond acceptors (Lipinski definition) is 3. The van der Waals surface area contributed by atoms with Gasteiger partial charge in [-0.3, -0.25) is 4.98 Å². The van der Waals surface area contributed by atoms with Crippen LogP contribution in [0.2, 0.25) is 5.02 Å². The van der Waals surface area contributed by atoms with Gasteiger partial charge < -0.3 is 9.72 Å². The molecule has 4 nitrogen and oxygen atoms in total. The molecule has 0 radical (unpaired) electrons. The lowest BCUT2D eigenvalue weighted by atomic mass is 10.1. The summed E-state index contributed by atoms with van der Waals surface area (Å²) in [5.41, 5.74) is 4.29. The quantitative estimate of drug-likeness (QED) is 0.786. The Balaban J connectivity index is 1.66. The number of rotatable bonds is 5. The minimum Gasteiger partial charge on any atom is -0.305 e. The van der Waals surface area contributed by atoms with Crippen molar-refractivity contribution in [3.05, 3.63) is 64.8 Å². The van der Waals surface area contributed by atoms with Crippen LogP contribution in [0.15, 0.2) is 42.9 Å². The smallest absolute Gasteiger partial charge is 0.137 e. The van der Waals surface area contributed by atoms with Crippen LogP contribution in [-0.2, 0) is 19.5 Å². The summed E-state index contributed by atoms with van der Waals surface area (Å²) >= 11 is 5.97. The van der Waals surface area contributed by atoms with Gasteiger partial charge in [0, 0.05) is 31.7 Å². The Hall–Kier alpha value is -1.91. The molecule has 0 unspecified atom stereocenters. The number of halogens is 1. The van der Waals surface area contributed by atoms with E-state index in [-0.39, 0.29) is 0 Å². The Labute approximate surface area is 128 Å². The maximum atomic E-state index is 5.97. The van der Waals surface area contributed by atoms with Crippen LogP contribution in [0.4, 0.5) is 0 Å². The average Bonchev–Trinajstić information content (AvgIpc) is 2.89. The molecule has 0 aliphatic rings. The van der Waals surface area contributed by atoms with E-state index in [0.717, 1.165) is 30.0 Å². The van der Waals surface area contributed by atoms with Crippen LogP contribution in [0.3, 0.4) is 0 Å². The first-order valence-corrected chi connectivity index (χ1v) is 7.40. The molecule has 0 amide bonds. The second-order valence-corrected chi connectivity index (χ2v) is 5.35. The second kappa shape index (κ2) is 6.24. The maximum absolute atomic E-state index is 5.97. The van der Waals surface area contributed by atoms with Crippen LogP contribution >= 0.6 is 11.6 Å². The summed E-state index contributed by atoms with van der Waals surface area (Å²) in [6, 6.07) is 7.87. The molecule has 0 aliphatic carbocycles. The molecule has 3 aromatic rings. The van der Waals surface area contributed by atoms with E-state index in [1.165, 1.54) is 5.56 Å².